The highest BCUT2D eigenvalue weighted by atomic mass is 16.5. The highest BCUT2D eigenvalue weighted by Crippen LogP contribution is 2.46. The summed E-state index contributed by atoms with van der Waals surface area (Å²) in [5.41, 5.74) is 2.52. The van der Waals surface area contributed by atoms with Gasteiger partial charge in [0.05, 0.1) is 24.3 Å². The minimum Gasteiger partial charge on any atom is -0.469 e. The molecule has 1 aliphatic heterocycles. The first-order valence-electron chi connectivity index (χ1n) is 8.88. The second-order valence-electron chi connectivity index (χ2n) is 7.42. The van der Waals surface area contributed by atoms with Crippen LogP contribution in [0.3, 0.4) is 0 Å². The van der Waals surface area contributed by atoms with Crippen molar-refractivity contribution in [1.29, 1.82) is 0 Å². The monoisotopic (exact) mass is 338 g/mol. The quantitative estimate of drug-likeness (QED) is 0.791. The molecule has 0 radical (unpaired) electrons. The van der Waals surface area contributed by atoms with E-state index in [-0.39, 0.29) is 5.60 Å². The Labute approximate surface area is 146 Å². The van der Waals surface area contributed by atoms with E-state index in [2.05, 4.69) is 22.4 Å². The number of fused-ring (bicyclic) bond motifs is 2. The molecule has 25 heavy (non-hydrogen) atoms. The van der Waals surface area contributed by atoms with Crippen LogP contribution in [-0.2, 0) is 7.05 Å². The van der Waals surface area contributed by atoms with Gasteiger partial charge in [0.25, 0.3) is 0 Å². The van der Waals surface area contributed by atoms with Crippen LogP contribution in [0.25, 0.3) is 16.8 Å². The van der Waals surface area contributed by atoms with E-state index in [1.807, 2.05) is 36.2 Å². The normalized spacial score (nSPS) is 28.6. The zero-order valence-corrected chi connectivity index (χ0v) is 14.5. The average Bonchev–Trinajstić information content (AvgIpc) is 3.23. The molecule has 0 spiro atoms. The SMILES string of the molecule is Cn1cc(-c2cn3nccc3c(O[C@]3(C)C[C@H]4NCCC[C@H]43)n2)cn1. The van der Waals surface area contributed by atoms with Gasteiger partial charge in [0, 0.05) is 37.2 Å². The largest absolute Gasteiger partial charge is 0.469 e. The maximum atomic E-state index is 6.51. The van der Waals surface area contributed by atoms with Crippen LogP contribution in [0.5, 0.6) is 5.88 Å². The van der Waals surface area contributed by atoms with Crippen LogP contribution in [0.4, 0.5) is 0 Å². The molecule has 2 aliphatic rings. The van der Waals surface area contributed by atoms with E-state index in [1.165, 1.54) is 12.8 Å². The second-order valence-corrected chi connectivity index (χ2v) is 7.42. The first-order valence-corrected chi connectivity index (χ1v) is 8.88. The highest BCUT2D eigenvalue weighted by molar-refractivity contribution is 5.63. The Morgan fingerprint density at radius 2 is 2.24 bits per heavy atom. The van der Waals surface area contributed by atoms with Crippen molar-refractivity contribution in [2.24, 2.45) is 13.0 Å². The molecule has 1 saturated heterocycles. The summed E-state index contributed by atoms with van der Waals surface area (Å²) in [6, 6.07) is 2.54. The minimum atomic E-state index is -0.163. The van der Waals surface area contributed by atoms with Crippen molar-refractivity contribution >= 4 is 5.52 Å². The van der Waals surface area contributed by atoms with Gasteiger partial charge in [-0.15, -0.1) is 0 Å². The average molecular weight is 338 g/mol. The predicted octanol–water partition coefficient (Wildman–Crippen LogP) is 2.04. The van der Waals surface area contributed by atoms with E-state index in [1.54, 1.807) is 10.9 Å². The van der Waals surface area contributed by atoms with Crippen LogP contribution in [0, 0.1) is 5.92 Å². The van der Waals surface area contributed by atoms with Gasteiger partial charge in [0.1, 0.15) is 11.1 Å². The van der Waals surface area contributed by atoms with Gasteiger partial charge < -0.3 is 10.1 Å². The molecule has 1 aliphatic carbocycles. The molecule has 0 amide bonds. The fourth-order valence-electron chi connectivity index (χ4n) is 4.33. The molecule has 3 aromatic rings. The van der Waals surface area contributed by atoms with E-state index in [4.69, 9.17) is 9.72 Å². The number of aromatic nitrogens is 5. The van der Waals surface area contributed by atoms with Crippen molar-refractivity contribution in [3.8, 4) is 17.1 Å². The standard InChI is InChI=1S/C18H22N6O/c1-18(8-14-13(18)4-3-6-19-14)25-17-16-5-7-20-24(16)11-15(22-17)12-9-21-23(2)10-12/h5,7,9-11,13-14,19H,3-4,6,8H2,1-2H3/t13-,14-,18-/m1/s1. The number of nitrogens with zero attached hydrogens (tertiary/aromatic N) is 5. The summed E-state index contributed by atoms with van der Waals surface area (Å²) in [4.78, 5) is 4.80. The van der Waals surface area contributed by atoms with Gasteiger partial charge >= 0.3 is 0 Å². The fraction of sp³-hybridized carbons (Fsp3) is 0.500. The summed E-state index contributed by atoms with van der Waals surface area (Å²) in [6.45, 7) is 3.34. The topological polar surface area (TPSA) is 69.3 Å². The molecule has 2 fully saturated rings. The third-order valence-corrected chi connectivity index (χ3v) is 5.68. The Hall–Kier alpha value is -2.41. The number of hydrogen-bond donors (Lipinski definition) is 1. The zero-order chi connectivity index (χ0) is 17.0. The van der Waals surface area contributed by atoms with Crippen LogP contribution < -0.4 is 10.1 Å². The predicted molar refractivity (Wildman–Crippen MR) is 93.4 cm³/mol. The Bertz CT molecular complexity index is 931. The first-order chi connectivity index (χ1) is 12.1. The Kier molecular flexibility index (Phi) is 3.15. The minimum absolute atomic E-state index is 0.163. The molecule has 0 bridgehead atoms. The summed E-state index contributed by atoms with van der Waals surface area (Å²) < 4.78 is 10.1. The summed E-state index contributed by atoms with van der Waals surface area (Å²) >= 11 is 0. The van der Waals surface area contributed by atoms with E-state index >= 15 is 0 Å². The van der Waals surface area contributed by atoms with Gasteiger partial charge in [-0.2, -0.15) is 10.2 Å². The lowest BCUT2D eigenvalue weighted by Crippen LogP contribution is -2.65. The van der Waals surface area contributed by atoms with Gasteiger partial charge in [0.15, 0.2) is 0 Å². The molecular weight excluding hydrogens is 316 g/mol. The maximum absolute atomic E-state index is 6.51. The molecular formula is C18H22N6O. The number of rotatable bonds is 3. The Morgan fingerprint density at radius 3 is 3.04 bits per heavy atom. The van der Waals surface area contributed by atoms with Crippen LogP contribution >= 0.6 is 0 Å². The van der Waals surface area contributed by atoms with E-state index in [0.717, 1.165) is 29.7 Å². The molecule has 0 unspecified atom stereocenters. The van der Waals surface area contributed by atoms with E-state index < -0.39 is 0 Å². The zero-order valence-electron chi connectivity index (χ0n) is 14.5. The molecule has 7 nitrogen and oxygen atoms in total. The van der Waals surface area contributed by atoms with Crippen molar-refractivity contribution in [2.75, 3.05) is 6.54 Å². The molecule has 7 heteroatoms. The fourth-order valence-corrected chi connectivity index (χ4v) is 4.33. The van der Waals surface area contributed by atoms with E-state index in [9.17, 15) is 0 Å². The van der Waals surface area contributed by atoms with E-state index in [0.29, 0.717) is 17.8 Å². The van der Waals surface area contributed by atoms with Crippen molar-refractivity contribution < 1.29 is 4.74 Å². The van der Waals surface area contributed by atoms with Crippen LogP contribution in [0.1, 0.15) is 26.2 Å². The summed E-state index contributed by atoms with van der Waals surface area (Å²) in [6.07, 6.45) is 10.9. The van der Waals surface area contributed by atoms with Crippen LogP contribution in [0.2, 0.25) is 0 Å². The van der Waals surface area contributed by atoms with Crippen LogP contribution in [-0.4, -0.2) is 42.6 Å². The van der Waals surface area contributed by atoms with Gasteiger partial charge in [0.2, 0.25) is 5.88 Å². The van der Waals surface area contributed by atoms with Crippen molar-refractivity contribution in [3.63, 3.8) is 0 Å². The lowest BCUT2D eigenvalue weighted by molar-refractivity contribution is -0.0972. The van der Waals surface area contributed by atoms with Crippen molar-refractivity contribution in [1.82, 2.24) is 29.7 Å². The smallest absolute Gasteiger partial charge is 0.241 e. The van der Waals surface area contributed by atoms with Crippen molar-refractivity contribution in [3.05, 3.63) is 30.9 Å². The van der Waals surface area contributed by atoms with Crippen LogP contribution in [0.15, 0.2) is 30.9 Å². The highest BCUT2D eigenvalue weighted by Gasteiger charge is 2.53. The Balaban J connectivity index is 1.53. The van der Waals surface area contributed by atoms with Gasteiger partial charge in [-0.3, -0.25) is 4.68 Å². The third kappa shape index (κ3) is 2.33. The molecule has 3 aromatic heterocycles. The third-order valence-electron chi connectivity index (χ3n) is 5.68. The number of hydrogen-bond acceptors (Lipinski definition) is 5. The molecule has 4 heterocycles. The van der Waals surface area contributed by atoms with Gasteiger partial charge in [-0.05, 0) is 32.4 Å². The molecule has 3 atom stereocenters. The maximum Gasteiger partial charge on any atom is 0.241 e. The number of piperidine rings is 1. The van der Waals surface area contributed by atoms with Gasteiger partial charge in [-0.1, -0.05) is 0 Å². The molecule has 5 rings (SSSR count). The molecule has 1 saturated carbocycles. The molecule has 0 aromatic carbocycles. The molecule has 1 N–H and O–H groups in total. The number of aryl methyl sites for hydroxylation is 1. The Morgan fingerprint density at radius 1 is 1.32 bits per heavy atom. The van der Waals surface area contributed by atoms with Gasteiger partial charge in [-0.25, -0.2) is 9.50 Å². The summed E-state index contributed by atoms with van der Waals surface area (Å²) in [5, 5.41) is 12.2. The van der Waals surface area contributed by atoms with Crippen molar-refractivity contribution in [2.45, 2.75) is 37.8 Å². The number of ether oxygens (including phenoxy) is 1. The summed E-state index contributed by atoms with van der Waals surface area (Å²) in [5.74, 6) is 1.21. The lowest BCUT2D eigenvalue weighted by atomic mass is 9.63. The number of nitrogens with one attached hydrogen (secondary N) is 1. The molecule has 130 valence electrons. The second kappa shape index (κ2) is 5.29. The summed E-state index contributed by atoms with van der Waals surface area (Å²) in [7, 11) is 1.90. The first kappa shape index (κ1) is 14.9. The lowest BCUT2D eigenvalue weighted by Gasteiger charge is -2.55.